The van der Waals surface area contributed by atoms with E-state index in [4.69, 9.17) is 15.2 Å². The Morgan fingerprint density at radius 1 is 1.29 bits per heavy atom. The number of rotatable bonds is 3. The second-order valence-corrected chi connectivity index (χ2v) is 6.92. The molecular weight excluding hydrogens is 308 g/mol. The van der Waals surface area contributed by atoms with E-state index in [1.807, 2.05) is 51.7 Å². The molecule has 2 rings (SSSR count). The summed E-state index contributed by atoms with van der Waals surface area (Å²) < 4.78 is 11.0. The minimum atomic E-state index is -0.538. The number of hydrogen-bond acceptors (Lipinski definition) is 6. The van der Waals surface area contributed by atoms with Crippen LogP contribution in [0.5, 0.6) is 5.75 Å². The lowest BCUT2D eigenvalue weighted by Crippen LogP contribution is -2.42. The maximum absolute atomic E-state index is 12.0. The highest BCUT2D eigenvalue weighted by atomic mass is 16.6. The van der Waals surface area contributed by atoms with E-state index in [2.05, 4.69) is 5.10 Å². The number of hydrazone groups is 1. The minimum absolute atomic E-state index is 0.0419. The van der Waals surface area contributed by atoms with E-state index < -0.39 is 11.7 Å². The molecule has 0 aliphatic carbocycles. The van der Waals surface area contributed by atoms with Crippen molar-refractivity contribution in [3.05, 3.63) is 18.2 Å². The van der Waals surface area contributed by atoms with Gasteiger partial charge < -0.3 is 20.1 Å². The molecule has 1 amide bonds. The van der Waals surface area contributed by atoms with Crippen LogP contribution in [0.15, 0.2) is 23.3 Å². The van der Waals surface area contributed by atoms with Crippen molar-refractivity contribution in [2.75, 3.05) is 23.7 Å². The number of carbonyl (C=O) groups excluding carboxylic acids is 1. The van der Waals surface area contributed by atoms with E-state index >= 15 is 0 Å². The van der Waals surface area contributed by atoms with Crippen molar-refractivity contribution >= 4 is 23.8 Å². The first-order valence-electron chi connectivity index (χ1n) is 8.03. The monoisotopic (exact) mass is 334 g/mol. The number of hydrogen-bond donors (Lipinski definition) is 1. The summed E-state index contributed by atoms with van der Waals surface area (Å²) in [5.74, 6) is 0.644. The van der Waals surface area contributed by atoms with Gasteiger partial charge in [0, 0.05) is 18.3 Å². The number of nitrogens with two attached hydrogens (primary N) is 1. The fraction of sp³-hybridized carbons (Fsp3) is 0.529. The van der Waals surface area contributed by atoms with Gasteiger partial charge in [0.2, 0.25) is 0 Å². The number of ether oxygens (including phenoxy) is 2. The number of nitrogen functional groups attached to an aromatic ring is 1. The molecule has 0 unspecified atom stereocenters. The van der Waals surface area contributed by atoms with E-state index in [9.17, 15) is 4.79 Å². The lowest BCUT2D eigenvalue weighted by atomic mass is 10.2. The third-order valence-electron chi connectivity index (χ3n) is 3.18. The first kappa shape index (κ1) is 17.9. The summed E-state index contributed by atoms with van der Waals surface area (Å²) in [6.45, 7) is 10.4. The molecule has 1 aromatic rings. The third kappa shape index (κ3) is 4.78. The van der Waals surface area contributed by atoms with E-state index in [-0.39, 0.29) is 6.10 Å². The molecule has 1 aliphatic heterocycles. The molecular formula is C17H26N4O3. The van der Waals surface area contributed by atoms with Crippen molar-refractivity contribution in [3.63, 3.8) is 0 Å². The molecule has 0 spiro atoms. The molecule has 7 nitrogen and oxygen atoms in total. The number of benzene rings is 1. The summed E-state index contributed by atoms with van der Waals surface area (Å²) in [4.78, 5) is 13.9. The van der Waals surface area contributed by atoms with Gasteiger partial charge in [0.25, 0.3) is 0 Å². The van der Waals surface area contributed by atoms with Crippen LogP contribution < -0.4 is 15.4 Å². The zero-order chi connectivity index (χ0) is 17.9. The van der Waals surface area contributed by atoms with E-state index in [1.165, 1.54) is 5.01 Å². The van der Waals surface area contributed by atoms with Crippen molar-refractivity contribution in [2.45, 2.75) is 46.3 Å². The number of carbonyl (C=O) groups is 1. The molecule has 0 saturated carbocycles. The van der Waals surface area contributed by atoms with Gasteiger partial charge in [-0.1, -0.05) is 0 Å². The van der Waals surface area contributed by atoms with Gasteiger partial charge in [-0.25, -0.2) is 4.79 Å². The van der Waals surface area contributed by atoms with Crippen LogP contribution in [-0.4, -0.2) is 42.2 Å². The predicted octanol–water partition coefficient (Wildman–Crippen LogP) is 3.06. The predicted molar refractivity (Wildman–Crippen MR) is 95.4 cm³/mol. The quantitative estimate of drug-likeness (QED) is 0.859. The van der Waals surface area contributed by atoms with Gasteiger partial charge in [-0.2, -0.15) is 10.1 Å². The molecule has 132 valence electrons. The standard InChI is InChI=1S/C17H26N4O3/c1-12(2)23-15-10-13(6-7-14(15)18)20-8-9-21(19-11-20)16(22)24-17(3,4)5/h6-7,10-12H,8-9,18H2,1-5H3. The van der Waals surface area contributed by atoms with Crippen LogP contribution in [-0.2, 0) is 4.74 Å². The fourth-order valence-electron chi connectivity index (χ4n) is 2.15. The Labute approximate surface area is 143 Å². The van der Waals surface area contributed by atoms with Crippen molar-refractivity contribution in [1.82, 2.24) is 5.01 Å². The van der Waals surface area contributed by atoms with Gasteiger partial charge in [-0.15, -0.1) is 0 Å². The molecule has 1 aliphatic rings. The third-order valence-corrected chi connectivity index (χ3v) is 3.18. The summed E-state index contributed by atoms with van der Waals surface area (Å²) in [5.41, 5.74) is 6.91. The zero-order valence-electron chi connectivity index (χ0n) is 14.9. The lowest BCUT2D eigenvalue weighted by Gasteiger charge is -2.30. The smallest absolute Gasteiger partial charge is 0.431 e. The van der Waals surface area contributed by atoms with Crippen LogP contribution in [0.4, 0.5) is 16.2 Å². The average molecular weight is 334 g/mol. The molecule has 2 N–H and O–H groups in total. The van der Waals surface area contributed by atoms with Gasteiger partial charge >= 0.3 is 6.09 Å². The van der Waals surface area contributed by atoms with Crippen molar-refractivity contribution < 1.29 is 14.3 Å². The Morgan fingerprint density at radius 3 is 2.54 bits per heavy atom. The Balaban J connectivity index is 2.08. The SMILES string of the molecule is CC(C)Oc1cc(N2C=NN(C(=O)OC(C)(C)C)CC2)ccc1N. The summed E-state index contributed by atoms with van der Waals surface area (Å²) in [6, 6.07) is 5.59. The first-order chi connectivity index (χ1) is 11.2. The van der Waals surface area contributed by atoms with E-state index in [1.54, 1.807) is 12.4 Å². The molecule has 0 fully saturated rings. The van der Waals surface area contributed by atoms with E-state index in [0.29, 0.717) is 24.5 Å². The summed E-state index contributed by atoms with van der Waals surface area (Å²) >= 11 is 0. The summed E-state index contributed by atoms with van der Waals surface area (Å²) in [6.07, 6.45) is 1.21. The van der Waals surface area contributed by atoms with Crippen LogP contribution in [0.25, 0.3) is 0 Å². The van der Waals surface area contributed by atoms with Gasteiger partial charge in [0.05, 0.1) is 18.3 Å². The number of anilines is 2. The largest absolute Gasteiger partial charge is 0.489 e. The van der Waals surface area contributed by atoms with Crippen LogP contribution >= 0.6 is 0 Å². The normalized spacial score (nSPS) is 14.9. The van der Waals surface area contributed by atoms with Crippen LogP contribution in [0.3, 0.4) is 0 Å². The topological polar surface area (TPSA) is 80.4 Å². The Kier molecular flexibility index (Phi) is 5.21. The van der Waals surface area contributed by atoms with Crippen LogP contribution in [0.1, 0.15) is 34.6 Å². The van der Waals surface area contributed by atoms with Crippen molar-refractivity contribution in [3.8, 4) is 5.75 Å². The molecule has 0 aromatic heterocycles. The molecule has 7 heteroatoms. The number of nitrogens with zero attached hydrogens (tertiary/aromatic N) is 3. The van der Waals surface area contributed by atoms with Gasteiger partial charge in [0.1, 0.15) is 17.7 Å². The Morgan fingerprint density at radius 2 is 2.00 bits per heavy atom. The maximum atomic E-state index is 12.0. The average Bonchev–Trinajstić information content (AvgIpc) is 2.47. The molecule has 24 heavy (non-hydrogen) atoms. The minimum Gasteiger partial charge on any atom is -0.489 e. The van der Waals surface area contributed by atoms with Crippen molar-refractivity contribution in [2.24, 2.45) is 5.10 Å². The summed E-state index contributed by atoms with van der Waals surface area (Å²) in [7, 11) is 0. The second-order valence-electron chi connectivity index (χ2n) is 6.92. The highest BCUT2D eigenvalue weighted by Gasteiger charge is 2.24. The van der Waals surface area contributed by atoms with Gasteiger partial charge in [0.15, 0.2) is 0 Å². The molecule has 0 saturated heterocycles. The summed E-state index contributed by atoms with van der Waals surface area (Å²) in [5, 5.41) is 5.50. The fourth-order valence-corrected chi connectivity index (χ4v) is 2.15. The lowest BCUT2D eigenvalue weighted by molar-refractivity contribution is 0.0255. The Hall–Kier alpha value is -2.44. The molecule has 0 bridgehead atoms. The molecule has 0 atom stereocenters. The zero-order valence-corrected chi connectivity index (χ0v) is 14.9. The van der Waals surface area contributed by atoms with E-state index in [0.717, 1.165) is 5.69 Å². The highest BCUT2D eigenvalue weighted by Crippen LogP contribution is 2.28. The van der Waals surface area contributed by atoms with Gasteiger partial charge in [-0.05, 0) is 46.8 Å². The highest BCUT2D eigenvalue weighted by molar-refractivity contribution is 5.83. The van der Waals surface area contributed by atoms with Crippen LogP contribution in [0.2, 0.25) is 0 Å². The molecule has 1 aromatic carbocycles. The maximum Gasteiger partial charge on any atom is 0.431 e. The molecule has 1 heterocycles. The number of amides is 1. The Bertz CT molecular complexity index is 623. The van der Waals surface area contributed by atoms with Gasteiger partial charge in [-0.3, -0.25) is 0 Å². The van der Waals surface area contributed by atoms with Crippen LogP contribution in [0, 0.1) is 0 Å². The van der Waals surface area contributed by atoms with Crippen molar-refractivity contribution in [1.29, 1.82) is 0 Å². The molecule has 0 radical (unpaired) electrons. The second kappa shape index (κ2) is 6.98. The first-order valence-corrected chi connectivity index (χ1v) is 8.03.